The normalized spacial score (nSPS) is 12.9. The number of anilines is 1. The van der Waals surface area contributed by atoms with Crippen LogP contribution in [0, 0.1) is 0 Å². The molecule has 8 heteroatoms. The summed E-state index contributed by atoms with van der Waals surface area (Å²) in [5.74, 6) is -0.617. The van der Waals surface area contributed by atoms with Crippen LogP contribution in [-0.4, -0.2) is 32.0 Å². The lowest BCUT2D eigenvalue weighted by Gasteiger charge is -2.14. The molecule has 1 atom stereocenters. The molecule has 0 radical (unpaired) electrons. The number of benzene rings is 1. The molecule has 0 aliphatic carbocycles. The van der Waals surface area contributed by atoms with E-state index in [4.69, 9.17) is 5.73 Å². The molecular weight excluding hydrogens is 270 g/mol. The largest absolute Gasteiger partial charge is 0.506 e. The van der Waals surface area contributed by atoms with E-state index in [1.807, 2.05) is 0 Å². The summed E-state index contributed by atoms with van der Waals surface area (Å²) in [4.78, 5) is 11.4. The van der Waals surface area contributed by atoms with E-state index >= 15 is 0 Å². The van der Waals surface area contributed by atoms with Gasteiger partial charge >= 0.3 is 0 Å². The van der Waals surface area contributed by atoms with Crippen LogP contribution in [0.3, 0.4) is 0 Å². The van der Waals surface area contributed by atoms with Crippen molar-refractivity contribution in [3.05, 3.63) is 18.2 Å². The smallest absolute Gasteiger partial charge is 0.241 e. The monoisotopic (exact) mass is 287 g/mol. The van der Waals surface area contributed by atoms with Gasteiger partial charge in [-0.3, -0.25) is 4.79 Å². The number of nitrogens with two attached hydrogens (primary N) is 1. The molecule has 0 fully saturated rings. The van der Waals surface area contributed by atoms with E-state index < -0.39 is 22.0 Å². The molecule has 0 aliphatic rings. The maximum absolute atomic E-state index is 12.0. The Bertz CT molecular complexity index is 571. The van der Waals surface area contributed by atoms with E-state index in [1.54, 1.807) is 6.92 Å². The van der Waals surface area contributed by atoms with Crippen molar-refractivity contribution in [2.45, 2.75) is 24.8 Å². The van der Waals surface area contributed by atoms with E-state index in [-0.39, 0.29) is 16.3 Å². The molecule has 0 saturated carbocycles. The minimum absolute atomic E-state index is 0.0477. The Morgan fingerprint density at radius 1 is 1.47 bits per heavy atom. The summed E-state index contributed by atoms with van der Waals surface area (Å²) in [6.45, 7) is 3.59. The Kier molecular flexibility index (Phi) is 4.73. The van der Waals surface area contributed by atoms with Gasteiger partial charge in [-0.25, -0.2) is 8.42 Å². The van der Waals surface area contributed by atoms with Gasteiger partial charge < -0.3 is 16.2 Å². The summed E-state index contributed by atoms with van der Waals surface area (Å²) < 4.78 is 26.2. The average Bonchev–Trinajstić information content (AvgIpc) is 2.32. The lowest BCUT2D eigenvalue weighted by atomic mass is 10.3. The van der Waals surface area contributed by atoms with Crippen LogP contribution < -0.4 is 15.8 Å². The van der Waals surface area contributed by atoms with Crippen LogP contribution in [-0.2, 0) is 14.8 Å². The number of hydrogen-bond donors (Lipinski definition) is 4. The van der Waals surface area contributed by atoms with Crippen LogP contribution in [0.2, 0.25) is 0 Å². The molecule has 106 valence electrons. The zero-order chi connectivity index (χ0) is 14.6. The number of rotatable bonds is 5. The van der Waals surface area contributed by atoms with Gasteiger partial charge in [-0.1, -0.05) is 0 Å². The molecule has 0 saturated heterocycles. The predicted octanol–water partition coefficient (Wildman–Crippen LogP) is -0.223. The van der Waals surface area contributed by atoms with Gasteiger partial charge in [0.15, 0.2) is 0 Å². The number of sulfonamides is 1. The molecule has 1 amide bonds. The second kappa shape index (κ2) is 5.89. The maximum atomic E-state index is 12.0. The molecule has 0 aromatic heterocycles. The highest BCUT2D eigenvalue weighted by Gasteiger charge is 2.22. The summed E-state index contributed by atoms with van der Waals surface area (Å²) in [6, 6.07) is 2.61. The first-order valence-electron chi connectivity index (χ1n) is 5.66. The van der Waals surface area contributed by atoms with Crippen LogP contribution >= 0.6 is 0 Å². The number of hydrogen-bond acceptors (Lipinski definition) is 5. The van der Waals surface area contributed by atoms with Crippen molar-refractivity contribution >= 4 is 21.6 Å². The van der Waals surface area contributed by atoms with Crippen molar-refractivity contribution in [3.63, 3.8) is 0 Å². The van der Waals surface area contributed by atoms with Gasteiger partial charge in [0.05, 0.1) is 16.6 Å². The van der Waals surface area contributed by atoms with Crippen LogP contribution in [0.15, 0.2) is 23.1 Å². The topological polar surface area (TPSA) is 122 Å². The highest BCUT2D eigenvalue weighted by Crippen LogP contribution is 2.23. The van der Waals surface area contributed by atoms with E-state index in [9.17, 15) is 18.3 Å². The first-order chi connectivity index (χ1) is 8.77. The van der Waals surface area contributed by atoms with Gasteiger partial charge in [0, 0.05) is 6.54 Å². The fourth-order valence-corrected chi connectivity index (χ4v) is 2.62. The van der Waals surface area contributed by atoms with Crippen LogP contribution in [0.4, 0.5) is 5.69 Å². The zero-order valence-electron chi connectivity index (χ0n) is 10.7. The van der Waals surface area contributed by atoms with E-state index in [1.165, 1.54) is 19.1 Å². The van der Waals surface area contributed by atoms with Crippen molar-refractivity contribution in [1.29, 1.82) is 0 Å². The Hall–Kier alpha value is -1.80. The minimum Gasteiger partial charge on any atom is -0.506 e. The SMILES string of the molecule is CCNC(=O)C(C)NS(=O)(=O)c1ccc(O)c(N)c1. The molecule has 0 spiro atoms. The first-order valence-corrected chi connectivity index (χ1v) is 7.14. The molecular formula is C11H17N3O4S. The van der Waals surface area contributed by atoms with E-state index in [0.717, 1.165) is 6.07 Å². The maximum Gasteiger partial charge on any atom is 0.241 e. The van der Waals surface area contributed by atoms with E-state index in [0.29, 0.717) is 6.54 Å². The number of carbonyl (C=O) groups excluding carboxylic acids is 1. The Labute approximate surface area is 111 Å². The number of phenolic OH excluding ortho intramolecular Hbond substituents is 1. The molecule has 0 aliphatic heterocycles. The number of carbonyl (C=O) groups is 1. The second-order valence-corrected chi connectivity index (χ2v) is 5.67. The lowest BCUT2D eigenvalue weighted by Crippen LogP contribution is -2.44. The Morgan fingerprint density at radius 2 is 2.11 bits per heavy atom. The van der Waals surface area contributed by atoms with Crippen molar-refractivity contribution in [1.82, 2.24) is 10.0 Å². The summed E-state index contributed by atoms with van der Waals surface area (Å²) >= 11 is 0. The molecule has 1 rings (SSSR count). The van der Waals surface area contributed by atoms with Gasteiger partial charge in [-0.15, -0.1) is 0 Å². The Balaban J connectivity index is 2.92. The highest BCUT2D eigenvalue weighted by molar-refractivity contribution is 7.89. The van der Waals surface area contributed by atoms with Crippen LogP contribution in [0.25, 0.3) is 0 Å². The summed E-state index contributed by atoms with van der Waals surface area (Å²) in [5.41, 5.74) is 5.39. The lowest BCUT2D eigenvalue weighted by molar-refractivity contribution is -0.122. The second-order valence-electron chi connectivity index (χ2n) is 3.96. The van der Waals surface area contributed by atoms with E-state index in [2.05, 4.69) is 10.0 Å². The zero-order valence-corrected chi connectivity index (χ0v) is 11.5. The Morgan fingerprint density at radius 3 is 2.63 bits per heavy atom. The molecule has 1 aromatic rings. The van der Waals surface area contributed by atoms with Crippen molar-refractivity contribution in [2.75, 3.05) is 12.3 Å². The summed E-state index contributed by atoms with van der Waals surface area (Å²) in [7, 11) is -3.86. The average molecular weight is 287 g/mol. The molecule has 1 aromatic carbocycles. The number of nitrogen functional groups attached to an aromatic ring is 1. The van der Waals surface area contributed by atoms with Crippen molar-refractivity contribution in [2.24, 2.45) is 0 Å². The summed E-state index contributed by atoms with van der Waals surface area (Å²) in [6.07, 6.45) is 0. The van der Waals surface area contributed by atoms with Gasteiger partial charge in [0.1, 0.15) is 5.75 Å². The fourth-order valence-electron chi connectivity index (χ4n) is 1.38. The van der Waals surface area contributed by atoms with Crippen molar-refractivity contribution < 1.29 is 18.3 Å². The third kappa shape index (κ3) is 3.83. The van der Waals surface area contributed by atoms with Gasteiger partial charge in [-0.2, -0.15) is 4.72 Å². The fraction of sp³-hybridized carbons (Fsp3) is 0.364. The van der Waals surface area contributed by atoms with Crippen LogP contribution in [0.1, 0.15) is 13.8 Å². The standard InChI is InChI=1S/C11H17N3O4S/c1-3-13-11(16)7(2)14-19(17,18)8-4-5-10(15)9(12)6-8/h4-7,14-15H,3,12H2,1-2H3,(H,13,16). The van der Waals surface area contributed by atoms with Crippen molar-refractivity contribution in [3.8, 4) is 5.75 Å². The summed E-state index contributed by atoms with van der Waals surface area (Å²) in [5, 5.41) is 11.8. The molecule has 0 bridgehead atoms. The number of nitrogens with one attached hydrogen (secondary N) is 2. The molecule has 5 N–H and O–H groups in total. The van der Waals surface area contributed by atoms with Gasteiger partial charge in [0.2, 0.25) is 15.9 Å². The predicted molar refractivity (Wildman–Crippen MR) is 71.0 cm³/mol. The van der Waals surface area contributed by atoms with Crippen LogP contribution in [0.5, 0.6) is 5.75 Å². The third-order valence-corrected chi connectivity index (χ3v) is 3.92. The number of aromatic hydroxyl groups is 1. The molecule has 0 heterocycles. The third-order valence-electron chi connectivity index (χ3n) is 2.39. The quantitative estimate of drug-likeness (QED) is 0.440. The van der Waals surface area contributed by atoms with Gasteiger partial charge in [-0.05, 0) is 32.0 Å². The number of amides is 1. The number of likely N-dealkylation sites (N-methyl/N-ethyl adjacent to an activating group) is 1. The van der Waals surface area contributed by atoms with Gasteiger partial charge in [0.25, 0.3) is 0 Å². The molecule has 1 unspecified atom stereocenters. The number of phenols is 1. The first kappa shape index (κ1) is 15.3. The molecule has 7 nitrogen and oxygen atoms in total. The minimum atomic E-state index is -3.86. The molecule has 19 heavy (non-hydrogen) atoms. The highest BCUT2D eigenvalue weighted by atomic mass is 32.2.